The fraction of sp³-hybridized carbons (Fsp3) is 0.348. The molecule has 28 heavy (non-hydrogen) atoms. The smallest absolute Gasteiger partial charge is 0.416 e. The van der Waals surface area contributed by atoms with Crippen LogP contribution in [0.15, 0.2) is 61.2 Å². The second-order valence-electron chi connectivity index (χ2n) is 7.28. The number of carbonyl (C=O) groups excluding carboxylic acids is 1. The summed E-state index contributed by atoms with van der Waals surface area (Å²) in [6, 6.07) is 11.5. The molecule has 0 aliphatic heterocycles. The Morgan fingerprint density at radius 1 is 1.07 bits per heavy atom. The van der Waals surface area contributed by atoms with Crippen molar-refractivity contribution >= 4 is 5.97 Å². The van der Waals surface area contributed by atoms with E-state index in [4.69, 9.17) is 4.74 Å². The molecule has 0 saturated heterocycles. The van der Waals surface area contributed by atoms with E-state index in [-0.39, 0.29) is 5.56 Å². The number of benzene rings is 2. The monoisotopic (exact) mass is 388 g/mol. The zero-order valence-electron chi connectivity index (χ0n) is 15.5. The maximum Gasteiger partial charge on any atom is 0.416 e. The number of hydrogen-bond donors (Lipinski definition) is 0. The number of ether oxygens (including phenoxy) is 1. The van der Waals surface area contributed by atoms with E-state index in [0.29, 0.717) is 11.7 Å². The number of rotatable bonds is 5. The van der Waals surface area contributed by atoms with Gasteiger partial charge in [0.15, 0.2) is 0 Å². The van der Waals surface area contributed by atoms with Gasteiger partial charge in [-0.05, 0) is 79.8 Å². The van der Waals surface area contributed by atoms with Gasteiger partial charge in [0, 0.05) is 0 Å². The van der Waals surface area contributed by atoms with Crippen molar-refractivity contribution in [2.45, 2.75) is 44.2 Å². The van der Waals surface area contributed by atoms with Crippen LogP contribution in [0.1, 0.15) is 59.5 Å². The topological polar surface area (TPSA) is 26.3 Å². The summed E-state index contributed by atoms with van der Waals surface area (Å²) in [5, 5.41) is 0. The molecule has 0 radical (unpaired) electrons. The van der Waals surface area contributed by atoms with Gasteiger partial charge in [0.1, 0.15) is 5.75 Å². The predicted molar refractivity (Wildman–Crippen MR) is 102 cm³/mol. The van der Waals surface area contributed by atoms with E-state index in [1.54, 1.807) is 12.1 Å². The molecule has 3 rings (SSSR count). The molecule has 0 amide bonds. The van der Waals surface area contributed by atoms with E-state index >= 15 is 0 Å². The van der Waals surface area contributed by atoms with Crippen molar-refractivity contribution in [2.75, 3.05) is 0 Å². The number of hydrogen-bond acceptors (Lipinski definition) is 2. The zero-order chi connectivity index (χ0) is 20.1. The molecule has 2 nitrogen and oxygen atoms in total. The van der Waals surface area contributed by atoms with Crippen molar-refractivity contribution in [3.05, 3.63) is 77.9 Å². The highest BCUT2D eigenvalue weighted by Gasteiger charge is 2.31. The molecule has 0 bridgehead atoms. The van der Waals surface area contributed by atoms with E-state index < -0.39 is 17.7 Å². The highest BCUT2D eigenvalue weighted by atomic mass is 19.4. The Morgan fingerprint density at radius 3 is 2.36 bits per heavy atom. The van der Waals surface area contributed by atoms with Crippen molar-refractivity contribution in [1.29, 1.82) is 0 Å². The third kappa shape index (κ3) is 5.03. The van der Waals surface area contributed by atoms with Crippen molar-refractivity contribution in [1.82, 2.24) is 0 Å². The highest BCUT2D eigenvalue weighted by molar-refractivity contribution is 5.91. The number of allylic oxidation sites excluding steroid dienone is 1. The first-order valence-electron chi connectivity index (χ1n) is 9.47. The van der Waals surface area contributed by atoms with Crippen LogP contribution < -0.4 is 4.74 Å². The first-order chi connectivity index (χ1) is 13.4. The van der Waals surface area contributed by atoms with Gasteiger partial charge >= 0.3 is 12.1 Å². The van der Waals surface area contributed by atoms with Crippen LogP contribution in [0.5, 0.6) is 5.75 Å². The molecule has 0 unspecified atom stereocenters. The Labute approximate surface area is 163 Å². The Balaban J connectivity index is 1.62. The van der Waals surface area contributed by atoms with Crippen LogP contribution in [0, 0.1) is 5.92 Å². The van der Waals surface area contributed by atoms with Crippen LogP contribution in [-0.2, 0) is 6.18 Å². The van der Waals surface area contributed by atoms with Crippen molar-refractivity contribution in [3.8, 4) is 5.75 Å². The zero-order valence-corrected chi connectivity index (χ0v) is 15.5. The minimum absolute atomic E-state index is 0.126. The van der Waals surface area contributed by atoms with Crippen LogP contribution in [0.25, 0.3) is 0 Å². The molecule has 0 spiro atoms. The molecule has 0 heterocycles. The van der Waals surface area contributed by atoms with E-state index in [2.05, 4.69) is 6.58 Å². The van der Waals surface area contributed by atoms with Gasteiger partial charge in [-0.1, -0.05) is 24.3 Å². The molecule has 1 aliphatic carbocycles. The number of carbonyl (C=O) groups is 1. The Bertz CT molecular complexity index is 816. The summed E-state index contributed by atoms with van der Waals surface area (Å²) < 4.78 is 43.6. The van der Waals surface area contributed by atoms with Gasteiger partial charge in [-0.25, -0.2) is 4.79 Å². The third-order valence-corrected chi connectivity index (χ3v) is 5.33. The fourth-order valence-electron chi connectivity index (χ4n) is 3.76. The molecule has 1 aliphatic rings. The quantitative estimate of drug-likeness (QED) is 0.321. The fourth-order valence-corrected chi connectivity index (χ4v) is 3.76. The number of esters is 1. The summed E-state index contributed by atoms with van der Waals surface area (Å²) in [7, 11) is 0. The Morgan fingerprint density at radius 2 is 1.75 bits per heavy atom. The number of alkyl halides is 3. The molecule has 0 atom stereocenters. The summed E-state index contributed by atoms with van der Waals surface area (Å²) in [5.41, 5.74) is 0.208. The average Bonchev–Trinajstić information content (AvgIpc) is 2.69. The lowest BCUT2D eigenvalue weighted by molar-refractivity contribution is -0.137. The van der Waals surface area contributed by atoms with Crippen molar-refractivity contribution in [3.63, 3.8) is 0 Å². The molecule has 2 aromatic carbocycles. The molecule has 1 saturated carbocycles. The summed E-state index contributed by atoms with van der Waals surface area (Å²) in [5.74, 6) is 0.742. The SMILES string of the molecule is C=CC[C@H]1CC[C@H](c2ccc(OC(=O)c3cccc(C(F)(F)F)c3)cc2)CC1. The van der Waals surface area contributed by atoms with Crippen LogP contribution in [-0.4, -0.2) is 5.97 Å². The van der Waals surface area contributed by atoms with Gasteiger partial charge in [-0.3, -0.25) is 0 Å². The molecular formula is C23H23F3O2. The lowest BCUT2D eigenvalue weighted by Gasteiger charge is -2.28. The maximum atomic E-state index is 12.8. The van der Waals surface area contributed by atoms with Gasteiger partial charge in [0.2, 0.25) is 0 Å². The molecule has 1 fully saturated rings. The minimum Gasteiger partial charge on any atom is -0.423 e. The Hall–Kier alpha value is -2.56. The van der Waals surface area contributed by atoms with Gasteiger partial charge < -0.3 is 4.74 Å². The molecule has 0 aromatic heterocycles. The summed E-state index contributed by atoms with van der Waals surface area (Å²) in [6.07, 6.45) is 3.17. The predicted octanol–water partition coefficient (Wildman–Crippen LogP) is 6.77. The van der Waals surface area contributed by atoms with Gasteiger partial charge in [-0.15, -0.1) is 6.58 Å². The molecule has 148 valence electrons. The largest absolute Gasteiger partial charge is 0.423 e. The van der Waals surface area contributed by atoms with Gasteiger partial charge in [0.05, 0.1) is 11.1 Å². The van der Waals surface area contributed by atoms with Gasteiger partial charge in [-0.2, -0.15) is 13.2 Å². The lowest BCUT2D eigenvalue weighted by atomic mass is 9.77. The number of halogens is 3. The van der Waals surface area contributed by atoms with E-state index in [0.717, 1.165) is 37.3 Å². The van der Waals surface area contributed by atoms with E-state index in [9.17, 15) is 18.0 Å². The van der Waals surface area contributed by atoms with Crippen LogP contribution in [0.3, 0.4) is 0 Å². The standard InChI is InChI=1S/C23H23F3O2/c1-2-4-16-7-9-17(10-8-16)18-11-13-21(14-12-18)28-22(27)19-5-3-6-20(15-19)23(24,25)26/h2-3,5-6,11-17H,1,4,7-10H2/t16-,17-. The first-order valence-corrected chi connectivity index (χ1v) is 9.47. The van der Waals surface area contributed by atoms with E-state index in [1.165, 1.54) is 30.5 Å². The summed E-state index contributed by atoms with van der Waals surface area (Å²) >= 11 is 0. The van der Waals surface area contributed by atoms with Crippen molar-refractivity contribution < 1.29 is 22.7 Å². The maximum absolute atomic E-state index is 12.8. The molecule has 2 aromatic rings. The Kier molecular flexibility index (Phi) is 6.22. The highest BCUT2D eigenvalue weighted by Crippen LogP contribution is 2.37. The molecule has 0 N–H and O–H groups in total. The van der Waals surface area contributed by atoms with E-state index in [1.807, 2.05) is 18.2 Å². The van der Waals surface area contributed by atoms with Crippen LogP contribution in [0.4, 0.5) is 13.2 Å². The van der Waals surface area contributed by atoms with Crippen LogP contribution in [0.2, 0.25) is 0 Å². The molecular weight excluding hydrogens is 365 g/mol. The second-order valence-corrected chi connectivity index (χ2v) is 7.28. The van der Waals surface area contributed by atoms with Crippen molar-refractivity contribution in [2.24, 2.45) is 5.92 Å². The average molecular weight is 388 g/mol. The first kappa shape index (κ1) is 20.2. The molecule has 5 heteroatoms. The lowest BCUT2D eigenvalue weighted by Crippen LogP contribution is -2.13. The third-order valence-electron chi connectivity index (χ3n) is 5.33. The summed E-state index contributed by atoms with van der Waals surface area (Å²) in [4.78, 5) is 12.2. The summed E-state index contributed by atoms with van der Waals surface area (Å²) in [6.45, 7) is 3.81. The minimum atomic E-state index is -4.50. The normalized spacial score (nSPS) is 19.8. The van der Waals surface area contributed by atoms with Gasteiger partial charge in [0.25, 0.3) is 0 Å². The second kappa shape index (κ2) is 8.63. The van der Waals surface area contributed by atoms with Crippen LogP contribution >= 0.6 is 0 Å².